The summed E-state index contributed by atoms with van der Waals surface area (Å²) in [6, 6.07) is 0. The van der Waals surface area contributed by atoms with Gasteiger partial charge < -0.3 is 9.66 Å². The predicted molar refractivity (Wildman–Crippen MR) is 95.5 cm³/mol. The Balaban J connectivity index is 0. The second-order valence-corrected chi connectivity index (χ2v) is 8.42. The summed E-state index contributed by atoms with van der Waals surface area (Å²) in [4.78, 5) is 0. The number of hydrogen-bond acceptors (Lipinski definition) is 4. The van der Waals surface area contributed by atoms with Crippen LogP contribution in [-0.2, 0) is 10.1 Å². The number of hydrogen-bond donors (Lipinski definition) is 1. The van der Waals surface area contributed by atoms with E-state index < -0.39 is 21.5 Å². The van der Waals surface area contributed by atoms with E-state index in [-0.39, 0.29) is 57.8 Å². The summed E-state index contributed by atoms with van der Waals surface area (Å²) >= 11 is 0. The molecule has 0 aliphatic rings. The third-order valence-corrected chi connectivity index (χ3v) is 5.71. The van der Waals surface area contributed by atoms with Crippen LogP contribution in [0.15, 0.2) is 0 Å². The second-order valence-electron chi connectivity index (χ2n) is 6.76. The average Bonchev–Trinajstić information content (AvgIpc) is 2.48. The minimum absolute atomic E-state index is 0. The van der Waals surface area contributed by atoms with Crippen molar-refractivity contribution in [2.75, 3.05) is 0 Å². The van der Waals surface area contributed by atoms with Crippen molar-refractivity contribution in [1.29, 1.82) is 0 Å². The van der Waals surface area contributed by atoms with Gasteiger partial charge in [-0.15, -0.1) is 0 Å². The van der Waals surface area contributed by atoms with E-state index in [4.69, 9.17) is 0 Å². The zero-order valence-electron chi connectivity index (χ0n) is 16.1. The summed E-state index contributed by atoms with van der Waals surface area (Å²) in [6.45, 7) is 4.30. The summed E-state index contributed by atoms with van der Waals surface area (Å²) in [5.74, 6) is 0. The first-order valence-electron chi connectivity index (χ1n) is 9.54. The maximum atomic E-state index is 11.4. The maximum absolute atomic E-state index is 11.4. The fourth-order valence-corrected chi connectivity index (χ4v) is 3.85. The van der Waals surface area contributed by atoms with E-state index in [0.29, 0.717) is 12.8 Å². The molecule has 2 unspecified atom stereocenters. The Morgan fingerprint density at radius 3 is 1.71 bits per heavy atom. The van der Waals surface area contributed by atoms with E-state index in [2.05, 4.69) is 13.8 Å². The molecule has 0 saturated carbocycles. The van der Waals surface area contributed by atoms with Crippen LogP contribution >= 0.6 is 0 Å². The molecule has 140 valence electrons. The van der Waals surface area contributed by atoms with Gasteiger partial charge in [-0.2, -0.15) is 0 Å². The summed E-state index contributed by atoms with van der Waals surface area (Å²) in [5, 5.41) is 9.06. The first-order valence-corrected chi connectivity index (χ1v) is 11.0. The van der Waals surface area contributed by atoms with Gasteiger partial charge in [0, 0.05) is 0 Å². The van der Waals surface area contributed by atoms with E-state index >= 15 is 0 Å². The van der Waals surface area contributed by atoms with Gasteiger partial charge >= 0.3 is 51.4 Å². The monoisotopic (exact) mass is 388 g/mol. The molecule has 0 aliphatic heterocycles. The number of unbranched alkanes of at least 4 members (excludes halogenated alkanes) is 9. The average molecular weight is 389 g/mol. The Bertz CT molecular complexity index is 360. The van der Waals surface area contributed by atoms with E-state index in [9.17, 15) is 18.1 Å². The van der Waals surface area contributed by atoms with Gasteiger partial charge in [-0.25, -0.2) is 8.42 Å². The molecule has 0 saturated heterocycles. The summed E-state index contributed by atoms with van der Waals surface area (Å²) in [5.41, 5.74) is 0. The summed E-state index contributed by atoms with van der Waals surface area (Å²) in [7, 11) is -4.31. The Morgan fingerprint density at radius 2 is 1.21 bits per heavy atom. The van der Waals surface area contributed by atoms with Gasteiger partial charge in [-0.3, -0.25) is 0 Å². The van der Waals surface area contributed by atoms with Crippen LogP contribution in [0.4, 0.5) is 0 Å². The van der Waals surface area contributed by atoms with Crippen molar-refractivity contribution in [3.8, 4) is 0 Å². The van der Waals surface area contributed by atoms with E-state index in [1.165, 1.54) is 25.7 Å². The van der Waals surface area contributed by atoms with Gasteiger partial charge in [0.25, 0.3) is 0 Å². The quantitative estimate of drug-likeness (QED) is 0.248. The standard InChI is InChI=1S/C18H38O4S.K/c1-3-5-7-9-10-11-13-15-18(23(20,21)22)16-17(19)14-12-8-6-4-2;/h17-19H,3-16H2,1-2H3,(H,20,21,22);/q;+1/p-1. The van der Waals surface area contributed by atoms with Crippen LogP contribution in [-0.4, -0.2) is 29.4 Å². The van der Waals surface area contributed by atoms with E-state index in [1.807, 2.05) is 0 Å². The fourth-order valence-electron chi connectivity index (χ4n) is 2.94. The Morgan fingerprint density at radius 1 is 0.792 bits per heavy atom. The van der Waals surface area contributed by atoms with Gasteiger partial charge in [-0.05, 0) is 19.3 Å². The fraction of sp³-hybridized carbons (Fsp3) is 1.00. The molecular weight excluding hydrogens is 351 g/mol. The largest absolute Gasteiger partial charge is 1.00 e. The van der Waals surface area contributed by atoms with Gasteiger partial charge in [0.05, 0.1) is 21.5 Å². The van der Waals surface area contributed by atoms with Crippen molar-refractivity contribution in [2.24, 2.45) is 0 Å². The molecule has 24 heavy (non-hydrogen) atoms. The van der Waals surface area contributed by atoms with Crippen molar-refractivity contribution in [1.82, 2.24) is 0 Å². The van der Waals surface area contributed by atoms with Crippen LogP contribution in [0.3, 0.4) is 0 Å². The van der Waals surface area contributed by atoms with Crippen LogP contribution in [0.1, 0.15) is 104 Å². The van der Waals surface area contributed by atoms with Crippen molar-refractivity contribution in [3.05, 3.63) is 0 Å². The first-order chi connectivity index (χ1) is 10.9. The molecule has 0 fully saturated rings. The molecule has 4 nitrogen and oxygen atoms in total. The topological polar surface area (TPSA) is 77.4 Å². The molecule has 0 aliphatic carbocycles. The zero-order chi connectivity index (χ0) is 17.6. The van der Waals surface area contributed by atoms with Crippen molar-refractivity contribution in [3.63, 3.8) is 0 Å². The minimum Gasteiger partial charge on any atom is -0.748 e. The Hall–Kier alpha value is 1.51. The van der Waals surface area contributed by atoms with Crippen LogP contribution in [0, 0.1) is 0 Å². The number of aliphatic hydroxyl groups is 1. The molecule has 6 heteroatoms. The smallest absolute Gasteiger partial charge is 0.748 e. The molecule has 0 aromatic rings. The van der Waals surface area contributed by atoms with E-state index in [0.717, 1.165) is 44.9 Å². The van der Waals surface area contributed by atoms with Gasteiger partial charge in [0.1, 0.15) is 0 Å². The molecule has 0 bridgehead atoms. The Kier molecular flexibility index (Phi) is 20.7. The number of rotatable bonds is 16. The van der Waals surface area contributed by atoms with Crippen molar-refractivity contribution < 1.29 is 69.5 Å². The molecule has 0 spiro atoms. The molecule has 0 aromatic carbocycles. The van der Waals surface area contributed by atoms with Crippen LogP contribution in [0.5, 0.6) is 0 Å². The first kappa shape index (κ1) is 27.7. The number of aliphatic hydroxyl groups excluding tert-OH is 1. The predicted octanol–water partition coefficient (Wildman–Crippen LogP) is 1.77. The van der Waals surface area contributed by atoms with Gasteiger partial charge in [-0.1, -0.05) is 84.5 Å². The molecule has 0 aromatic heterocycles. The van der Waals surface area contributed by atoms with Crippen LogP contribution < -0.4 is 51.4 Å². The van der Waals surface area contributed by atoms with E-state index in [1.54, 1.807) is 0 Å². The normalized spacial score (nSPS) is 14.2. The van der Waals surface area contributed by atoms with Crippen LogP contribution in [0.2, 0.25) is 0 Å². The third-order valence-electron chi connectivity index (χ3n) is 4.46. The van der Waals surface area contributed by atoms with Gasteiger partial charge in [0.15, 0.2) is 0 Å². The van der Waals surface area contributed by atoms with Gasteiger partial charge in [0.2, 0.25) is 0 Å². The molecule has 0 radical (unpaired) electrons. The SMILES string of the molecule is CCCCCCCCCC(CC(O)CCCCCC)S(=O)(=O)[O-].[K+]. The van der Waals surface area contributed by atoms with Crippen molar-refractivity contribution >= 4 is 10.1 Å². The van der Waals surface area contributed by atoms with Crippen LogP contribution in [0.25, 0.3) is 0 Å². The molecule has 2 atom stereocenters. The third kappa shape index (κ3) is 16.9. The molecule has 0 rings (SSSR count). The molecular formula is C18H37KO4S. The summed E-state index contributed by atoms with van der Waals surface area (Å²) in [6.07, 6.45) is 12.4. The van der Waals surface area contributed by atoms with Crippen molar-refractivity contribution in [2.45, 2.75) is 115 Å². The molecule has 0 amide bonds. The second kappa shape index (κ2) is 17.9. The summed E-state index contributed by atoms with van der Waals surface area (Å²) < 4.78 is 34.1. The minimum atomic E-state index is -4.31. The molecule has 0 heterocycles. The maximum Gasteiger partial charge on any atom is 1.00 e. The Labute approximate surface area is 192 Å². The zero-order valence-corrected chi connectivity index (χ0v) is 20.1. The molecule has 1 N–H and O–H groups in total.